The normalized spacial score (nSPS) is 12.4. The van der Waals surface area contributed by atoms with Crippen LogP contribution >= 0.6 is 11.3 Å². The number of amides is 1. The Hall–Kier alpha value is -1.75. The number of nitrogens with one attached hydrogen (secondary N) is 1. The Morgan fingerprint density at radius 3 is 2.71 bits per heavy atom. The van der Waals surface area contributed by atoms with Gasteiger partial charge in [-0.2, -0.15) is 0 Å². The van der Waals surface area contributed by atoms with Gasteiger partial charge in [0.1, 0.15) is 5.01 Å². The molecule has 0 radical (unpaired) electrons. The summed E-state index contributed by atoms with van der Waals surface area (Å²) in [4.78, 5) is 22.3. The molecule has 2 rings (SSSR count). The molecule has 1 atom stereocenters. The molecule has 0 saturated heterocycles. The van der Waals surface area contributed by atoms with E-state index in [0.717, 1.165) is 30.0 Å². The number of rotatable bonds is 8. The number of hydrogen-bond acceptors (Lipinski definition) is 4. The van der Waals surface area contributed by atoms with Crippen LogP contribution in [0.15, 0.2) is 24.5 Å². The fraction of sp³-hybridized carbons (Fsp3) is 0.526. The van der Waals surface area contributed by atoms with Gasteiger partial charge in [-0.15, -0.1) is 11.3 Å². The molecule has 2 aromatic rings. The maximum Gasteiger partial charge on any atom is 0.220 e. The number of aryl methyl sites for hydroxylation is 3. The first kappa shape index (κ1) is 18.6. The van der Waals surface area contributed by atoms with Crippen LogP contribution in [0.3, 0.4) is 0 Å². The Kier molecular flexibility index (Phi) is 6.91. The lowest BCUT2D eigenvalue weighted by molar-refractivity contribution is -0.122. The van der Waals surface area contributed by atoms with E-state index in [1.54, 1.807) is 17.5 Å². The van der Waals surface area contributed by atoms with Crippen molar-refractivity contribution in [2.24, 2.45) is 5.92 Å². The van der Waals surface area contributed by atoms with Gasteiger partial charge in [-0.05, 0) is 50.7 Å². The minimum absolute atomic E-state index is 0.0216. The van der Waals surface area contributed by atoms with E-state index in [1.165, 1.54) is 10.4 Å². The van der Waals surface area contributed by atoms with Crippen LogP contribution in [-0.2, 0) is 11.2 Å². The van der Waals surface area contributed by atoms with Crippen molar-refractivity contribution in [2.45, 2.75) is 59.4 Å². The van der Waals surface area contributed by atoms with Crippen LogP contribution in [0.4, 0.5) is 0 Å². The van der Waals surface area contributed by atoms with Gasteiger partial charge in [0.15, 0.2) is 0 Å². The molecule has 0 bridgehead atoms. The summed E-state index contributed by atoms with van der Waals surface area (Å²) >= 11 is 1.69. The van der Waals surface area contributed by atoms with Crippen LogP contribution in [-0.4, -0.2) is 15.9 Å². The van der Waals surface area contributed by atoms with Gasteiger partial charge in [-0.1, -0.05) is 19.9 Å². The van der Waals surface area contributed by atoms with Crippen molar-refractivity contribution in [3.63, 3.8) is 0 Å². The number of carbonyl (C=O) groups is 1. The summed E-state index contributed by atoms with van der Waals surface area (Å²) in [5.74, 6) is 0.616. The van der Waals surface area contributed by atoms with E-state index in [4.69, 9.17) is 0 Å². The largest absolute Gasteiger partial charge is 0.347 e. The molecule has 5 heteroatoms. The number of thiazole rings is 1. The first-order valence-electron chi connectivity index (χ1n) is 8.58. The molecule has 0 aliphatic heterocycles. The molecule has 1 unspecified atom stereocenters. The zero-order valence-electron chi connectivity index (χ0n) is 15.0. The second-order valence-corrected chi connectivity index (χ2v) is 7.89. The summed E-state index contributed by atoms with van der Waals surface area (Å²) in [5.41, 5.74) is 2.24. The monoisotopic (exact) mass is 345 g/mol. The maximum absolute atomic E-state index is 12.3. The van der Waals surface area contributed by atoms with Gasteiger partial charge in [0.2, 0.25) is 5.91 Å². The van der Waals surface area contributed by atoms with Crippen LogP contribution in [0.5, 0.6) is 0 Å². The highest BCUT2D eigenvalue weighted by Gasteiger charge is 2.20. The molecular formula is C19H27N3OS. The fourth-order valence-corrected chi connectivity index (χ4v) is 3.59. The molecule has 1 amide bonds. The summed E-state index contributed by atoms with van der Waals surface area (Å²) in [5, 5.41) is 4.21. The summed E-state index contributed by atoms with van der Waals surface area (Å²) < 4.78 is 0. The van der Waals surface area contributed by atoms with Gasteiger partial charge in [-0.3, -0.25) is 9.78 Å². The number of nitrogens with zero attached hydrogens (tertiary/aromatic N) is 2. The molecule has 0 fully saturated rings. The number of pyridine rings is 1. The van der Waals surface area contributed by atoms with Crippen LogP contribution in [0.25, 0.3) is 0 Å². The van der Waals surface area contributed by atoms with E-state index in [0.29, 0.717) is 12.3 Å². The van der Waals surface area contributed by atoms with Crippen molar-refractivity contribution in [1.82, 2.24) is 15.3 Å². The topological polar surface area (TPSA) is 54.9 Å². The highest BCUT2D eigenvalue weighted by Crippen LogP contribution is 2.27. The third-order valence-electron chi connectivity index (χ3n) is 3.98. The van der Waals surface area contributed by atoms with Gasteiger partial charge in [0.05, 0.1) is 11.7 Å². The molecule has 0 spiro atoms. The Morgan fingerprint density at radius 1 is 1.33 bits per heavy atom. The van der Waals surface area contributed by atoms with Crippen molar-refractivity contribution in [3.05, 3.63) is 45.7 Å². The van der Waals surface area contributed by atoms with Crippen molar-refractivity contribution in [3.8, 4) is 0 Å². The maximum atomic E-state index is 12.3. The zero-order chi connectivity index (χ0) is 17.5. The summed E-state index contributed by atoms with van der Waals surface area (Å²) in [7, 11) is 0. The molecule has 0 aliphatic rings. The van der Waals surface area contributed by atoms with Crippen molar-refractivity contribution >= 4 is 17.2 Å². The average Bonchev–Trinajstić information content (AvgIpc) is 2.87. The highest BCUT2D eigenvalue weighted by molar-refractivity contribution is 7.11. The second-order valence-electron chi connectivity index (χ2n) is 6.66. The van der Waals surface area contributed by atoms with Crippen LogP contribution in [0.2, 0.25) is 0 Å². The Bertz CT molecular complexity index is 632. The molecule has 0 aliphatic carbocycles. The van der Waals surface area contributed by atoms with E-state index in [1.807, 2.05) is 25.3 Å². The van der Waals surface area contributed by atoms with Crippen molar-refractivity contribution < 1.29 is 4.79 Å². The van der Waals surface area contributed by atoms with Gasteiger partial charge < -0.3 is 5.32 Å². The van der Waals surface area contributed by atoms with E-state index >= 15 is 0 Å². The highest BCUT2D eigenvalue weighted by atomic mass is 32.1. The first-order valence-corrected chi connectivity index (χ1v) is 9.39. The van der Waals surface area contributed by atoms with E-state index in [-0.39, 0.29) is 11.9 Å². The quantitative estimate of drug-likeness (QED) is 0.772. The lowest BCUT2D eigenvalue weighted by Crippen LogP contribution is -2.29. The zero-order valence-corrected chi connectivity index (χ0v) is 15.8. The molecule has 2 heterocycles. The molecule has 4 nitrogen and oxygen atoms in total. The van der Waals surface area contributed by atoms with Gasteiger partial charge in [0, 0.05) is 23.7 Å². The van der Waals surface area contributed by atoms with Gasteiger partial charge in [-0.25, -0.2) is 4.98 Å². The number of carbonyl (C=O) groups excluding carboxylic acids is 1. The third kappa shape index (κ3) is 5.71. The van der Waals surface area contributed by atoms with Gasteiger partial charge in [0.25, 0.3) is 0 Å². The number of hydrogen-bond donors (Lipinski definition) is 1. The average molecular weight is 346 g/mol. The Balaban J connectivity index is 1.89. The minimum Gasteiger partial charge on any atom is -0.347 e. The first-order chi connectivity index (χ1) is 11.5. The molecule has 2 aromatic heterocycles. The Labute approximate surface area is 148 Å². The Morgan fingerprint density at radius 2 is 2.12 bits per heavy atom. The third-order valence-corrected chi connectivity index (χ3v) is 5.16. The molecule has 130 valence electrons. The van der Waals surface area contributed by atoms with Crippen molar-refractivity contribution in [2.75, 3.05) is 0 Å². The smallest absolute Gasteiger partial charge is 0.220 e. The van der Waals surface area contributed by atoms with Crippen molar-refractivity contribution in [1.29, 1.82) is 0 Å². The van der Waals surface area contributed by atoms with Crippen LogP contribution < -0.4 is 5.32 Å². The molecule has 24 heavy (non-hydrogen) atoms. The van der Waals surface area contributed by atoms with Gasteiger partial charge >= 0.3 is 0 Å². The predicted octanol–water partition coefficient (Wildman–Crippen LogP) is 4.38. The van der Waals surface area contributed by atoms with Crippen LogP contribution in [0, 0.1) is 19.8 Å². The standard InChI is InChI=1S/C19H27N3OS/c1-13(2)11-17(19-21-14(3)15(4)24-19)22-18(23)9-5-7-16-8-6-10-20-12-16/h6,8,10,12-13,17H,5,7,9,11H2,1-4H3,(H,22,23). The molecule has 1 N–H and O–H groups in total. The lowest BCUT2D eigenvalue weighted by Gasteiger charge is -2.18. The number of aromatic nitrogens is 2. The summed E-state index contributed by atoms with van der Waals surface area (Å²) in [6.07, 6.45) is 6.80. The summed E-state index contributed by atoms with van der Waals surface area (Å²) in [6.45, 7) is 8.46. The predicted molar refractivity (Wildman–Crippen MR) is 99.1 cm³/mol. The van der Waals surface area contributed by atoms with E-state index in [9.17, 15) is 4.79 Å². The molecule has 0 saturated carbocycles. The van der Waals surface area contributed by atoms with Crippen LogP contribution in [0.1, 0.15) is 60.3 Å². The SMILES string of the molecule is Cc1nc(C(CC(C)C)NC(=O)CCCc2cccnc2)sc1C. The van der Waals surface area contributed by atoms with E-state index in [2.05, 4.69) is 36.1 Å². The molecular weight excluding hydrogens is 318 g/mol. The lowest BCUT2D eigenvalue weighted by atomic mass is 10.0. The minimum atomic E-state index is 0.0216. The summed E-state index contributed by atoms with van der Waals surface area (Å²) in [6, 6.07) is 4.00. The van der Waals surface area contributed by atoms with E-state index < -0.39 is 0 Å². The second kappa shape index (κ2) is 8.92. The molecule has 0 aromatic carbocycles. The fourth-order valence-electron chi connectivity index (χ4n) is 2.61.